The largest absolute Gasteiger partial charge is 0.494 e. The number of nitro benzene ring substituents is 1. The monoisotopic (exact) mass is 355 g/mol. The highest BCUT2D eigenvalue weighted by atomic mass is 16.6. The van der Waals surface area contributed by atoms with E-state index in [-0.39, 0.29) is 34.7 Å². The van der Waals surface area contributed by atoms with Gasteiger partial charge in [0.05, 0.1) is 10.5 Å². The zero-order chi connectivity index (χ0) is 19.6. The molecule has 0 spiro atoms. The number of carbonyl (C=O) groups excluding carboxylic acids is 1. The highest BCUT2D eigenvalue weighted by molar-refractivity contribution is 6.13. The number of benzene rings is 1. The molecule has 0 saturated carbocycles. The number of rotatable bonds is 5. The van der Waals surface area contributed by atoms with E-state index in [2.05, 4.69) is 0 Å². The summed E-state index contributed by atoms with van der Waals surface area (Å²) in [6.07, 6.45) is 0. The Kier molecular flexibility index (Phi) is 5.22. The highest BCUT2D eigenvalue weighted by Crippen LogP contribution is 2.28. The van der Waals surface area contributed by atoms with Crippen LogP contribution in [-0.4, -0.2) is 20.4 Å². The first-order valence-corrected chi connectivity index (χ1v) is 7.85. The van der Waals surface area contributed by atoms with E-state index in [1.807, 2.05) is 0 Å². The molecule has 0 fully saturated rings. The van der Waals surface area contributed by atoms with Gasteiger partial charge in [0.15, 0.2) is 0 Å². The van der Waals surface area contributed by atoms with Crippen molar-refractivity contribution in [3.8, 4) is 11.9 Å². The first kappa shape index (κ1) is 18.9. The fourth-order valence-electron chi connectivity index (χ4n) is 2.72. The Morgan fingerprint density at radius 1 is 1.38 bits per heavy atom. The van der Waals surface area contributed by atoms with Gasteiger partial charge in [-0.05, 0) is 24.5 Å². The summed E-state index contributed by atoms with van der Waals surface area (Å²) in [7, 11) is 0. The van der Waals surface area contributed by atoms with Gasteiger partial charge in [-0.15, -0.1) is 0 Å². The summed E-state index contributed by atoms with van der Waals surface area (Å²) in [6, 6.07) is 7.08. The van der Waals surface area contributed by atoms with Crippen molar-refractivity contribution in [3.63, 3.8) is 0 Å². The lowest BCUT2D eigenvalue weighted by atomic mass is 9.96. The third kappa shape index (κ3) is 3.19. The van der Waals surface area contributed by atoms with Crippen LogP contribution in [-0.2, 0) is 6.54 Å². The second kappa shape index (κ2) is 7.19. The first-order chi connectivity index (χ1) is 12.2. The minimum atomic E-state index is -0.818. The summed E-state index contributed by atoms with van der Waals surface area (Å²) >= 11 is 0. The molecule has 0 aliphatic carbocycles. The molecule has 1 N–H and O–H groups in total. The smallest absolute Gasteiger partial charge is 0.280 e. The van der Waals surface area contributed by atoms with Crippen LogP contribution in [0.1, 0.15) is 40.9 Å². The van der Waals surface area contributed by atoms with Gasteiger partial charge in [-0.25, -0.2) is 0 Å². The van der Waals surface area contributed by atoms with Crippen LogP contribution in [0.2, 0.25) is 0 Å². The molecule has 0 radical (unpaired) electrons. The van der Waals surface area contributed by atoms with Crippen molar-refractivity contribution < 1.29 is 14.8 Å². The van der Waals surface area contributed by atoms with E-state index in [9.17, 15) is 30.1 Å². The number of aromatic nitrogens is 1. The van der Waals surface area contributed by atoms with Gasteiger partial charge in [0, 0.05) is 12.6 Å². The van der Waals surface area contributed by atoms with Crippen LogP contribution < -0.4 is 5.56 Å². The molecule has 1 aromatic heterocycles. The molecule has 0 unspecified atom stereocenters. The SMILES string of the molecule is Cc1c(C(=O)c2ccccc2[N+](=O)[O-])c(O)n(CC(C)C)c(=O)c1C#N. The van der Waals surface area contributed by atoms with Gasteiger partial charge in [-0.2, -0.15) is 5.26 Å². The number of nitro groups is 1. The molecule has 0 bridgehead atoms. The minimum absolute atomic E-state index is 0.00171. The predicted octanol–water partition coefficient (Wildman–Crippen LogP) is 2.53. The Hall–Kier alpha value is -3.47. The van der Waals surface area contributed by atoms with Crippen LogP contribution >= 0.6 is 0 Å². The van der Waals surface area contributed by atoms with Crippen LogP contribution in [0.15, 0.2) is 29.1 Å². The first-order valence-electron chi connectivity index (χ1n) is 7.85. The van der Waals surface area contributed by atoms with Crippen LogP contribution in [0, 0.1) is 34.3 Å². The Labute approximate surface area is 149 Å². The van der Waals surface area contributed by atoms with Gasteiger partial charge in [0.2, 0.25) is 11.7 Å². The molecule has 2 rings (SSSR count). The van der Waals surface area contributed by atoms with Crippen LogP contribution in [0.25, 0.3) is 0 Å². The number of ketones is 1. The number of hydrogen-bond donors (Lipinski definition) is 1. The number of nitriles is 1. The molecule has 8 heteroatoms. The van der Waals surface area contributed by atoms with Gasteiger partial charge >= 0.3 is 0 Å². The van der Waals surface area contributed by atoms with Crippen molar-refractivity contribution in [1.29, 1.82) is 5.26 Å². The zero-order valence-corrected chi connectivity index (χ0v) is 14.5. The van der Waals surface area contributed by atoms with Crippen molar-refractivity contribution >= 4 is 11.5 Å². The molecule has 1 heterocycles. The summed E-state index contributed by atoms with van der Waals surface area (Å²) in [5.74, 6) is -1.45. The maximum Gasteiger partial charge on any atom is 0.280 e. The Balaban J connectivity index is 2.82. The summed E-state index contributed by atoms with van der Waals surface area (Å²) in [6.45, 7) is 5.07. The summed E-state index contributed by atoms with van der Waals surface area (Å²) in [5, 5.41) is 31.0. The van der Waals surface area contributed by atoms with E-state index in [1.165, 1.54) is 31.2 Å². The van der Waals surface area contributed by atoms with E-state index in [0.717, 1.165) is 4.57 Å². The maximum atomic E-state index is 12.9. The minimum Gasteiger partial charge on any atom is -0.494 e. The number of nitrogens with zero attached hydrogens (tertiary/aromatic N) is 3. The average molecular weight is 355 g/mol. The van der Waals surface area contributed by atoms with Crippen molar-refractivity contribution in [1.82, 2.24) is 4.57 Å². The molecule has 2 aromatic rings. The molecule has 0 saturated heterocycles. The summed E-state index contributed by atoms with van der Waals surface area (Å²) in [4.78, 5) is 35.9. The average Bonchev–Trinajstić information content (AvgIpc) is 2.58. The molecular formula is C18H17N3O5. The number of hydrogen-bond acceptors (Lipinski definition) is 6. The molecule has 26 heavy (non-hydrogen) atoms. The van der Waals surface area contributed by atoms with E-state index in [4.69, 9.17) is 0 Å². The second-order valence-electron chi connectivity index (χ2n) is 6.22. The van der Waals surface area contributed by atoms with Crippen molar-refractivity contribution in [2.75, 3.05) is 0 Å². The fourth-order valence-corrected chi connectivity index (χ4v) is 2.72. The Morgan fingerprint density at radius 3 is 2.54 bits per heavy atom. The van der Waals surface area contributed by atoms with E-state index < -0.39 is 27.8 Å². The van der Waals surface area contributed by atoms with Gasteiger partial charge in [0.25, 0.3) is 11.2 Å². The van der Waals surface area contributed by atoms with E-state index in [1.54, 1.807) is 19.9 Å². The Bertz CT molecular complexity index is 999. The third-order valence-corrected chi connectivity index (χ3v) is 3.92. The molecule has 0 atom stereocenters. The third-order valence-electron chi connectivity index (χ3n) is 3.92. The summed E-state index contributed by atoms with van der Waals surface area (Å²) in [5.41, 5.74) is -1.90. The number of aromatic hydroxyl groups is 1. The molecule has 0 aliphatic heterocycles. The quantitative estimate of drug-likeness (QED) is 0.499. The highest BCUT2D eigenvalue weighted by Gasteiger charge is 2.28. The molecule has 0 aliphatic rings. The number of para-hydroxylation sites is 1. The van der Waals surface area contributed by atoms with Gasteiger partial charge < -0.3 is 5.11 Å². The van der Waals surface area contributed by atoms with Gasteiger partial charge in [0.1, 0.15) is 17.2 Å². The number of carbonyl (C=O) groups is 1. The number of pyridine rings is 1. The molecule has 0 amide bonds. The normalized spacial score (nSPS) is 10.6. The van der Waals surface area contributed by atoms with E-state index in [0.29, 0.717) is 0 Å². The van der Waals surface area contributed by atoms with Crippen LogP contribution in [0.5, 0.6) is 5.88 Å². The summed E-state index contributed by atoms with van der Waals surface area (Å²) < 4.78 is 0.957. The lowest BCUT2D eigenvalue weighted by Crippen LogP contribution is -2.28. The predicted molar refractivity (Wildman–Crippen MR) is 93.2 cm³/mol. The molecular weight excluding hydrogens is 338 g/mol. The lowest BCUT2D eigenvalue weighted by molar-refractivity contribution is -0.385. The fraction of sp³-hybridized carbons (Fsp3) is 0.278. The van der Waals surface area contributed by atoms with Gasteiger partial charge in [-0.1, -0.05) is 26.0 Å². The van der Waals surface area contributed by atoms with Crippen molar-refractivity contribution in [2.45, 2.75) is 27.3 Å². The second-order valence-corrected chi connectivity index (χ2v) is 6.22. The maximum absolute atomic E-state index is 12.9. The van der Waals surface area contributed by atoms with Crippen molar-refractivity contribution in [2.24, 2.45) is 5.92 Å². The zero-order valence-electron chi connectivity index (χ0n) is 14.5. The van der Waals surface area contributed by atoms with Gasteiger partial charge in [-0.3, -0.25) is 24.3 Å². The molecule has 134 valence electrons. The standard InChI is InChI=1S/C18H17N3O5/c1-10(2)9-20-17(23)13(8-19)11(3)15(18(20)24)16(22)12-6-4-5-7-14(12)21(25)26/h4-7,10,24H,9H2,1-3H3. The molecule has 1 aromatic carbocycles. The van der Waals surface area contributed by atoms with Crippen LogP contribution in [0.3, 0.4) is 0 Å². The molecule has 8 nitrogen and oxygen atoms in total. The lowest BCUT2D eigenvalue weighted by Gasteiger charge is -2.16. The Morgan fingerprint density at radius 2 is 2.00 bits per heavy atom. The van der Waals surface area contributed by atoms with Crippen LogP contribution in [0.4, 0.5) is 5.69 Å². The topological polar surface area (TPSA) is 126 Å². The van der Waals surface area contributed by atoms with Crippen molar-refractivity contribution in [3.05, 3.63) is 67.0 Å². The van der Waals surface area contributed by atoms with E-state index >= 15 is 0 Å².